The minimum Gasteiger partial charge on any atom is -0.493 e. The highest BCUT2D eigenvalue weighted by molar-refractivity contribution is 7.89. The van der Waals surface area contributed by atoms with E-state index in [1.165, 1.54) is 57.5 Å². The predicted molar refractivity (Wildman–Crippen MR) is 94.4 cm³/mol. The number of amides is 1. The van der Waals surface area contributed by atoms with E-state index in [0.29, 0.717) is 5.75 Å². The highest BCUT2D eigenvalue weighted by atomic mass is 32.2. The van der Waals surface area contributed by atoms with E-state index in [0.717, 1.165) is 6.07 Å². The first kappa shape index (κ1) is 19.7. The number of halogens is 1. The average Bonchev–Trinajstić information content (AvgIpc) is 2.60. The fraction of sp³-hybridized carbons (Fsp3) is 0.235. The van der Waals surface area contributed by atoms with Crippen LogP contribution in [0, 0.1) is 5.82 Å². The Bertz CT molecular complexity index is 902. The monoisotopic (exact) mass is 382 g/mol. The lowest BCUT2D eigenvalue weighted by Crippen LogP contribution is -2.41. The zero-order valence-electron chi connectivity index (χ0n) is 14.4. The summed E-state index contributed by atoms with van der Waals surface area (Å²) in [5.41, 5.74) is 0.229. The van der Waals surface area contributed by atoms with E-state index in [-0.39, 0.29) is 16.3 Å². The van der Waals surface area contributed by atoms with E-state index >= 15 is 0 Å². The van der Waals surface area contributed by atoms with Gasteiger partial charge in [-0.25, -0.2) is 12.8 Å². The van der Waals surface area contributed by atoms with Crippen LogP contribution in [0.15, 0.2) is 47.4 Å². The van der Waals surface area contributed by atoms with Gasteiger partial charge in [-0.2, -0.15) is 4.72 Å². The molecule has 0 unspecified atom stereocenters. The van der Waals surface area contributed by atoms with Gasteiger partial charge in [-0.05, 0) is 37.3 Å². The molecule has 2 aromatic carbocycles. The number of benzene rings is 2. The Balaban J connectivity index is 2.14. The zero-order chi connectivity index (χ0) is 19.3. The number of anilines is 1. The van der Waals surface area contributed by atoms with Crippen LogP contribution in [0.1, 0.15) is 6.92 Å². The van der Waals surface area contributed by atoms with E-state index in [1.807, 2.05) is 0 Å². The lowest BCUT2D eigenvalue weighted by atomic mass is 10.3. The second-order valence-corrected chi connectivity index (χ2v) is 7.07. The summed E-state index contributed by atoms with van der Waals surface area (Å²) in [7, 11) is -1.16. The van der Waals surface area contributed by atoms with Gasteiger partial charge in [0, 0.05) is 11.8 Å². The van der Waals surface area contributed by atoms with Crippen molar-refractivity contribution in [3.8, 4) is 11.5 Å². The van der Waals surface area contributed by atoms with Gasteiger partial charge in [0.2, 0.25) is 15.9 Å². The van der Waals surface area contributed by atoms with Crippen molar-refractivity contribution in [2.45, 2.75) is 17.9 Å². The van der Waals surface area contributed by atoms with Crippen molar-refractivity contribution in [1.82, 2.24) is 4.72 Å². The molecule has 0 fully saturated rings. The van der Waals surface area contributed by atoms with Gasteiger partial charge < -0.3 is 14.8 Å². The molecule has 0 aliphatic heterocycles. The summed E-state index contributed by atoms with van der Waals surface area (Å²) < 4.78 is 50.5. The molecule has 2 aromatic rings. The third-order valence-electron chi connectivity index (χ3n) is 3.48. The maximum absolute atomic E-state index is 13.2. The van der Waals surface area contributed by atoms with Gasteiger partial charge in [-0.3, -0.25) is 4.79 Å². The Morgan fingerprint density at radius 2 is 1.77 bits per heavy atom. The lowest BCUT2D eigenvalue weighted by Gasteiger charge is -2.15. The van der Waals surface area contributed by atoms with Crippen molar-refractivity contribution < 1.29 is 27.1 Å². The van der Waals surface area contributed by atoms with E-state index in [1.54, 1.807) is 0 Å². The molecule has 7 nitrogen and oxygen atoms in total. The van der Waals surface area contributed by atoms with E-state index in [4.69, 9.17) is 9.47 Å². The second-order valence-electron chi connectivity index (χ2n) is 5.36. The molecule has 0 radical (unpaired) electrons. The topological polar surface area (TPSA) is 93.7 Å². The standard InChI is InChI=1S/C17H19FN2O5S/c1-11(17(21)19-13-6-4-5-12(18)9-13)20-26(22,23)14-7-8-15(24-2)16(10-14)25-3/h4-11,20H,1-3H3,(H,19,21)/t11-/m1/s1. The van der Waals surface area contributed by atoms with Crippen molar-refractivity contribution in [3.63, 3.8) is 0 Å². The molecule has 0 heterocycles. The van der Waals surface area contributed by atoms with Crippen LogP contribution >= 0.6 is 0 Å². The number of carbonyl (C=O) groups excluding carboxylic acids is 1. The molecule has 0 spiro atoms. The zero-order valence-corrected chi connectivity index (χ0v) is 15.3. The average molecular weight is 382 g/mol. The second kappa shape index (κ2) is 8.15. The summed E-state index contributed by atoms with van der Waals surface area (Å²) in [6, 6.07) is 8.28. The van der Waals surface area contributed by atoms with Crippen molar-refractivity contribution >= 4 is 21.6 Å². The Hall–Kier alpha value is -2.65. The minimum atomic E-state index is -3.98. The molecule has 1 amide bonds. The Morgan fingerprint density at radius 1 is 1.08 bits per heavy atom. The maximum Gasteiger partial charge on any atom is 0.242 e. The fourth-order valence-electron chi connectivity index (χ4n) is 2.15. The first-order valence-corrected chi connectivity index (χ1v) is 9.06. The molecule has 0 bridgehead atoms. The quantitative estimate of drug-likeness (QED) is 0.765. The van der Waals surface area contributed by atoms with Gasteiger partial charge in [-0.15, -0.1) is 0 Å². The highest BCUT2D eigenvalue weighted by Crippen LogP contribution is 2.29. The summed E-state index contributed by atoms with van der Waals surface area (Å²) in [4.78, 5) is 12.1. The summed E-state index contributed by atoms with van der Waals surface area (Å²) in [6.45, 7) is 1.38. The smallest absolute Gasteiger partial charge is 0.242 e. The van der Waals surface area contributed by atoms with Crippen LogP contribution < -0.4 is 19.5 Å². The third-order valence-corrected chi connectivity index (χ3v) is 5.02. The molecular formula is C17H19FN2O5S. The largest absolute Gasteiger partial charge is 0.493 e. The van der Waals surface area contributed by atoms with Gasteiger partial charge in [0.05, 0.1) is 25.2 Å². The van der Waals surface area contributed by atoms with Crippen LogP contribution in [0.25, 0.3) is 0 Å². The Labute approximate surface area is 151 Å². The fourth-order valence-corrected chi connectivity index (χ4v) is 3.37. The third kappa shape index (κ3) is 4.70. The number of hydrogen-bond acceptors (Lipinski definition) is 5. The van der Waals surface area contributed by atoms with Gasteiger partial charge in [0.15, 0.2) is 11.5 Å². The SMILES string of the molecule is COc1ccc(S(=O)(=O)N[C@H](C)C(=O)Nc2cccc(F)c2)cc1OC. The van der Waals surface area contributed by atoms with E-state index < -0.39 is 27.8 Å². The van der Waals surface area contributed by atoms with Crippen molar-refractivity contribution in [2.24, 2.45) is 0 Å². The molecule has 9 heteroatoms. The molecule has 0 aliphatic carbocycles. The molecule has 2 rings (SSSR count). The number of methoxy groups -OCH3 is 2. The van der Waals surface area contributed by atoms with E-state index in [9.17, 15) is 17.6 Å². The number of carbonyl (C=O) groups is 1. The highest BCUT2D eigenvalue weighted by Gasteiger charge is 2.23. The molecule has 26 heavy (non-hydrogen) atoms. The van der Waals surface area contributed by atoms with Gasteiger partial charge in [0.25, 0.3) is 0 Å². The van der Waals surface area contributed by atoms with Crippen LogP contribution in [0.4, 0.5) is 10.1 Å². The Morgan fingerprint density at radius 3 is 2.38 bits per heavy atom. The molecule has 0 saturated carbocycles. The van der Waals surface area contributed by atoms with Gasteiger partial charge >= 0.3 is 0 Å². The maximum atomic E-state index is 13.2. The van der Waals surface area contributed by atoms with Crippen molar-refractivity contribution in [2.75, 3.05) is 19.5 Å². The van der Waals surface area contributed by atoms with Crippen LogP contribution in [0.5, 0.6) is 11.5 Å². The summed E-state index contributed by atoms with van der Waals surface area (Å²) >= 11 is 0. The van der Waals surface area contributed by atoms with Crippen molar-refractivity contribution in [1.29, 1.82) is 0 Å². The van der Waals surface area contributed by atoms with Gasteiger partial charge in [0.1, 0.15) is 5.82 Å². The summed E-state index contributed by atoms with van der Waals surface area (Å²) in [5, 5.41) is 2.45. The first-order valence-electron chi connectivity index (χ1n) is 7.57. The molecule has 2 N–H and O–H groups in total. The molecular weight excluding hydrogens is 363 g/mol. The minimum absolute atomic E-state index is 0.0828. The predicted octanol–water partition coefficient (Wildman–Crippen LogP) is 2.15. The summed E-state index contributed by atoms with van der Waals surface area (Å²) in [6.07, 6.45) is 0. The first-order chi connectivity index (χ1) is 12.3. The molecule has 140 valence electrons. The molecule has 1 atom stereocenters. The number of nitrogens with one attached hydrogen (secondary N) is 2. The number of rotatable bonds is 7. The normalized spacial score (nSPS) is 12.3. The van der Waals surface area contributed by atoms with Crippen LogP contribution in [-0.4, -0.2) is 34.6 Å². The molecule has 0 aliphatic rings. The van der Waals surface area contributed by atoms with Crippen LogP contribution in [0.3, 0.4) is 0 Å². The summed E-state index contributed by atoms with van der Waals surface area (Å²) in [5.74, 6) is -0.517. The number of hydrogen-bond donors (Lipinski definition) is 2. The van der Waals surface area contributed by atoms with Crippen LogP contribution in [0.2, 0.25) is 0 Å². The number of sulfonamides is 1. The number of ether oxygens (including phenoxy) is 2. The molecule has 0 aromatic heterocycles. The Kier molecular flexibility index (Phi) is 6.17. The van der Waals surface area contributed by atoms with E-state index in [2.05, 4.69) is 10.0 Å². The molecule has 0 saturated heterocycles. The van der Waals surface area contributed by atoms with Gasteiger partial charge in [-0.1, -0.05) is 6.07 Å². The van der Waals surface area contributed by atoms with Crippen LogP contribution in [-0.2, 0) is 14.8 Å². The lowest BCUT2D eigenvalue weighted by molar-refractivity contribution is -0.117. The van der Waals surface area contributed by atoms with Crippen molar-refractivity contribution in [3.05, 3.63) is 48.3 Å².